The molecule has 0 saturated heterocycles. The van der Waals surface area contributed by atoms with Gasteiger partial charge in [0.2, 0.25) is 5.76 Å². The minimum atomic E-state index is -0.501. The molecule has 1 heterocycles. The largest absolute Gasteiger partial charge is 0.489 e. The molecule has 0 aliphatic rings. The van der Waals surface area contributed by atoms with E-state index < -0.39 is 4.92 Å². The number of benzene rings is 2. The highest BCUT2D eigenvalue weighted by atomic mass is 35.5. The molecule has 7 heteroatoms. The molecule has 0 unspecified atom stereocenters. The van der Waals surface area contributed by atoms with E-state index in [0.29, 0.717) is 11.6 Å². The molecule has 26 heavy (non-hydrogen) atoms. The Hall–Kier alpha value is -3.12. The van der Waals surface area contributed by atoms with E-state index in [4.69, 9.17) is 20.9 Å². The second-order valence-electron chi connectivity index (χ2n) is 5.56. The van der Waals surface area contributed by atoms with Crippen molar-refractivity contribution < 1.29 is 14.2 Å². The maximum atomic E-state index is 11.0. The normalized spacial score (nSPS) is 11.0. The topological polar surface area (TPSA) is 78.4 Å². The molecule has 2 aromatic carbocycles. The van der Waals surface area contributed by atoms with Crippen molar-refractivity contribution in [1.29, 1.82) is 0 Å². The predicted molar refractivity (Wildman–Crippen MR) is 99.0 cm³/mol. The van der Waals surface area contributed by atoms with Crippen LogP contribution in [0.25, 0.3) is 12.2 Å². The molecule has 3 rings (SSSR count). The molecule has 3 aromatic rings. The zero-order valence-corrected chi connectivity index (χ0v) is 14.6. The van der Waals surface area contributed by atoms with Crippen molar-refractivity contribution in [2.45, 2.75) is 13.5 Å². The average Bonchev–Trinajstić information content (AvgIpc) is 3.01. The first-order valence-electron chi connectivity index (χ1n) is 7.79. The summed E-state index contributed by atoms with van der Waals surface area (Å²) in [5, 5.41) is 15.3. The molecule has 0 radical (unpaired) electrons. The lowest BCUT2D eigenvalue weighted by Crippen LogP contribution is -1.94. The van der Waals surface area contributed by atoms with Crippen molar-refractivity contribution in [3.63, 3.8) is 0 Å². The van der Waals surface area contributed by atoms with Crippen molar-refractivity contribution in [2.75, 3.05) is 0 Å². The third-order valence-electron chi connectivity index (χ3n) is 3.67. The number of aryl methyl sites for hydroxylation is 1. The van der Waals surface area contributed by atoms with Crippen molar-refractivity contribution >= 4 is 29.4 Å². The van der Waals surface area contributed by atoms with E-state index in [0.717, 1.165) is 16.9 Å². The minimum absolute atomic E-state index is 0.121. The third kappa shape index (κ3) is 4.29. The number of rotatable bonds is 6. The van der Waals surface area contributed by atoms with Crippen LogP contribution in [0.15, 0.2) is 53.1 Å². The zero-order chi connectivity index (χ0) is 18.5. The predicted octanol–water partition coefficient (Wildman–Crippen LogP) is 5.29. The summed E-state index contributed by atoms with van der Waals surface area (Å²) < 4.78 is 10.7. The monoisotopic (exact) mass is 370 g/mol. The molecular formula is C19H15ClN2O4. The van der Waals surface area contributed by atoms with Gasteiger partial charge in [-0.2, -0.15) is 0 Å². The van der Waals surface area contributed by atoms with Crippen LogP contribution in [0, 0.1) is 17.0 Å². The summed E-state index contributed by atoms with van der Waals surface area (Å²) in [6.07, 6.45) is 3.25. The van der Waals surface area contributed by atoms with Crippen LogP contribution in [0.1, 0.15) is 22.6 Å². The molecule has 1 aromatic heterocycles. The number of nitrogens with zero attached hydrogens (tertiary/aromatic N) is 2. The smallest absolute Gasteiger partial charge is 0.338 e. The first kappa shape index (κ1) is 17.7. The Kier molecular flexibility index (Phi) is 5.34. The number of hydrogen-bond acceptors (Lipinski definition) is 5. The Morgan fingerprint density at radius 2 is 1.85 bits per heavy atom. The Morgan fingerprint density at radius 1 is 1.15 bits per heavy atom. The first-order chi connectivity index (χ1) is 12.5. The van der Waals surface area contributed by atoms with Crippen LogP contribution in [0.4, 0.5) is 5.69 Å². The third-order valence-corrected chi connectivity index (χ3v) is 3.92. The van der Waals surface area contributed by atoms with Gasteiger partial charge in [0.25, 0.3) is 0 Å². The van der Waals surface area contributed by atoms with E-state index in [1.54, 1.807) is 6.08 Å². The summed E-state index contributed by atoms with van der Waals surface area (Å²) in [5.74, 6) is 0.842. The van der Waals surface area contributed by atoms with Gasteiger partial charge in [-0.15, -0.1) is 0 Å². The second kappa shape index (κ2) is 7.84. The van der Waals surface area contributed by atoms with Crippen molar-refractivity contribution in [1.82, 2.24) is 5.16 Å². The van der Waals surface area contributed by atoms with Crippen molar-refractivity contribution in [2.24, 2.45) is 0 Å². The van der Waals surface area contributed by atoms with Crippen LogP contribution in [0.3, 0.4) is 0 Å². The van der Waals surface area contributed by atoms with E-state index in [9.17, 15) is 10.1 Å². The van der Waals surface area contributed by atoms with Crippen LogP contribution in [-0.2, 0) is 6.61 Å². The summed E-state index contributed by atoms with van der Waals surface area (Å²) in [6.45, 7) is 1.97. The molecule has 0 amide bonds. The highest BCUT2D eigenvalue weighted by Gasteiger charge is 2.21. The fourth-order valence-corrected chi connectivity index (χ4v) is 2.43. The minimum Gasteiger partial charge on any atom is -0.489 e. The number of nitro groups is 1. The van der Waals surface area contributed by atoms with Crippen LogP contribution in [-0.4, -0.2) is 10.1 Å². The maximum absolute atomic E-state index is 11.0. The number of hydrogen-bond donors (Lipinski definition) is 0. The quantitative estimate of drug-likeness (QED) is 0.435. The average molecular weight is 371 g/mol. The Bertz CT molecular complexity index is 931. The molecule has 6 nitrogen and oxygen atoms in total. The van der Waals surface area contributed by atoms with E-state index in [2.05, 4.69) is 5.16 Å². The van der Waals surface area contributed by atoms with Gasteiger partial charge in [0.05, 0.1) is 4.92 Å². The summed E-state index contributed by atoms with van der Waals surface area (Å²) in [6, 6.07) is 14.8. The van der Waals surface area contributed by atoms with Gasteiger partial charge in [0.15, 0.2) is 5.69 Å². The molecule has 0 fully saturated rings. The van der Waals surface area contributed by atoms with Gasteiger partial charge in [0.1, 0.15) is 12.4 Å². The van der Waals surface area contributed by atoms with Gasteiger partial charge in [-0.25, -0.2) is 0 Å². The molecule has 0 aliphatic heterocycles. The SMILES string of the molecule is Cc1noc(/C=C\c2ccc(OCc3ccc(Cl)cc3)cc2)c1[N+](=O)[O-]. The van der Waals surface area contributed by atoms with Gasteiger partial charge in [-0.1, -0.05) is 47.1 Å². The van der Waals surface area contributed by atoms with Crippen LogP contribution in [0.5, 0.6) is 5.75 Å². The summed E-state index contributed by atoms with van der Waals surface area (Å²) in [7, 11) is 0. The van der Waals surface area contributed by atoms with Gasteiger partial charge in [-0.3, -0.25) is 10.1 Å². The Labute approximate surface area is 154 Å². The van der Waals surface area contributed by atoms with Gasteiger partial charge in [0, 0.05) is 5.02 Å². The Morgan fingerprint density at radius 3 is 2.50 bits per heavy atom. The van der Waals surface area contributed by atoms with Crippen LogP contribution in [0.2, 0.25) is 5.02 Å². The lowest BCUT2D eigenvalue weighted by Gasteiger charge is -2.06. The molecule has 0 saturated carbocycles. The molecule has 0 N–H and O–H groups in total. The van der Waals surface area contributed by atoms with Crippen LogP contribution >= 0.6 is 11.6 Å². The lowest BCUT2D eigenvalue weighted by atomic mass is 10.2. The van der Waals surface area contributed by atoms with E-state index in [-0.39, 0.29) is 17.1 Å². The lowest BCUT2D eigenvalue weighted by molar-refractivity contribution is -0.386. The zero-order valence-electron chi connectivity index (χ0n) is 13.9. The van der Waals surface area contributed by atoms with Crippen molar-refractivity contribution in [3.8, 4) is 5.75 Å². The van der Waals surface area contributed by atoms with Gasteiger partial charge >= 0.3 is 5.69 Å². The fourth-order valence-electron chi connectivity index (χ4n) is 2.31. The van der Waals surface area contributed by atoms with Gasteiger partial charge < -0.3 is 9.26 Å². The Balaban J connectivity index is 1.64. The highest BCUT2D eigenvalue weighted by Crippen LogP contribution is 2.25. The number of ether oxygens (including phenoxy) is 1. The fraction of sp³-hybridized carbons (Fsp3) is 0.105. The molecular weight excluding hydrogens is 356 g/mol. The standard InChI is InChI=1S/C19H15ClN2O4/c1-13-19(22(23)24)18(26-21-13)11-6-14-4-9-17(10-5-14)25-12-15-2-7-16(20)8-3-15/h2-11H,12H2,1H3/b11-6-. The summed E-state index contributed by atoms with van der Waals surface area (Å²) in [4.78, 5) is 10.5. The molecule has 0 bridgehead atoms. The number of halogens is 1. The number of aromatic nitrogens is 1. The van der Waals surface area contributed by atoms with E-state index in [1.807, 2.05) is 48.5 Å². The summed E-state index contributed by atoms with van der Waals surface area (Å²) in [5.41, 5.74) is 2.00. The second-order valence-corrected chi connectivity index (χ2v) is 5.99. The highest BCUT2D eigenvalue weighted by molar-refractivity contribution is 6.30. The van der Waals surface area contributed by atoms with Crippen LogP contribution < -0.4 is 4.74 Å². The molecule has 0 atom stereocenters. The summed E-state index contributed by atoms with van der Waals surface area (Å²) >= 11 is 5.85. The van der Waals surface area contributed by atoms with E-state index in [1.165, 1.54) is 13.0 Å². The van der Waals surface area contributed by atoms with Crippen molar-refractivity contribution in [3.05, 3.63) is 86.2 Å². The molecule has 0 aliphatic carbocycles. The van der Waals surface area contributed by atoms with E-state index >= 15 is 0 Å². The molecule has 0 spiro atoms. The maximum Gasteiger partial charge on any atom is 0.338 e. The first-order valence-corrected chi connectivity index (χ1v) is 8.17. The van der Waals surface area contributed by atoms with Gasteiger partial charge in [-0.05, 0) is 48.4 Å². The molecule has 132 valence electrons.